The highest BCUT2D eigenvalue weighted by Gasteiger charge is 2.06. The van der Waals surface area contributed by atoms with Gasteiger partial charge in [0.2, 0.25) is 5.91 Å². The number of anilines is 1. The van der Waals surface area contributed by atoms with Crippen LogP contribution in [0.25, 0.3) is 0 Å². The SMILES string of the molecule is CCOc1ccc(NC(=O)Cn2nncc2C)cc1. The molecule has 0 aliphatic heterocycles. The van der Waals surface area contributed by atoms with Crippen LogP contribution in [-0.4, -0.2) is 27.5 Å². The summed E-state index contributed by atoms with van der Waals surface area (Å²) in [4.78, 5) is 11.8. The van der Waals surface area contributed by atoms with E-state index in [-0.39, 0.29) is 12.5 Å². The predicted molar refractivity (Wildman–Crippen MR) is 71.0 cm³/mol. The summed E-state index contributed by atoms with van der Waals surface area (Å²) >= 11 is 0. The van der Waals surface area contributed by atoms with Gasteiger partial charge in [0.1, 0.15) is 12.3 Å². The molecular weight excluding hydrogens is 244 g/mol. The number of carbonyl (C=O) groups excluding carboxylic acids is 1. The van der Waals surface area contributed by atoms with E-state index in [4.69, 9.17) is 4.74 Å². The lowest BCUT2D eigenvalue weighted by atomic mass is 10.3. The van der Waals surface area contributed by atoms with Crippen molar-refractivity contribution in [3.63, 3.8) is 0 Å². The van der Waals surface area contributed by atoms with Gasteiger partial charge in [-0.2, -0.15) is 0 Å². The van der Waals surface area contributed by atoms with Gasteiger partial charge in [-0.05, 0) is 38.1 Å². The number of benzene rings is 1. The molecule has 1 aromatic carbocycles. The molecule has 0 fully saturated rings. The van der Waals surface area contributed by atoms with Crippen molar-refractivity contribution in [1.82, 2.24) is 15.0 Å². The summed E-state index contributed by atoms with van der Waals surface area (Å²) in [5.74, 6) is 0.644. The van der Waals surface area contributed by atoms with Crippen LogP contribution < -0.4 is 10.1 Å². The van der Waals surface area contributed by atoms with Gasteiger partial charge in [-0.1, -0.05) is 5.21 Å². The fourth-order valence-corrected chi connectivity index (χ4v) is 1.60. The Morgan fingerprint density at radius 1 is 1.37 bits per heavy atom. The molecule has 100 valence electrons. The smallest absolute Gasteiger partial charge is 0.246 e. The molecule has 2 aromatic rings. The molecule has 0 aliphatic rings. The van der Waals surface area contributed by atoms with E-state index < -0.39 is 0 Å². The van der Waals surface area contributed by atoms with Crippen molar-refractivity contribution >= 4 is 11.6 Å². The number of ether oxygens (including phenoxy) is 1. The Labute approximate surface area is 111 Å². The van der Waals surface area contributed by atoms with Crippen molar-refractivity contribution in [2.45, 2.75) is 20.4 Å². The van der Waals surface area contributed by atoms with E-state index in [0.717, 1.165) is 17.1 Å². The summed E-state index contributed by atoms with van der Waals surface area (Å²) < 4.78 is 6.88. The second kappa shape index (κ2) is 5.99. The Balaban J connectivity index is 1.93. The molecule has 0 radical (unpaired) electrons. The maximum absolute atomic E-state index is 11.8. The number of nitrogens with one attached hydrogen (secondary N) is 1. The number of aryl methyl sites for hydroxylation is 1. The zero-order valence-electron chi connectivity index (χ0n) is 11.0. The quantitative estimate of drug-likeness (QED) is 0.887. The van der Waals surface area contributed by atoms with E-state index in [1.807, 2.05) is 26.0 Å². The third-order valence-electron chi connectivity index (χ3n) is 2.55. The van der Waals surface area contributed by atoms with Crippen LogP contribution in [0.5, 0.6) is 5.75 Å². The Morgan fingerprint density at radius 2 is 2.11 bits per heavy atom. The topological polar surface area (TPSA) is 69.0 Å². The van der Waals surface area contributed by atoms with Gasteiger partial charge in [-0.25, -0.2) is 4.68 Å². The van der Waals surface area contributed by atoms with Crippen LogP contribution in [0.15, 0.2) is 30.5 Å². The molecule has 19 heavy (non-hydrogen) atoms. The fraction of sp³-hybridized carbons (Fsp3) is 0.308. The van der Waals surface area contributed by atoms with Gasteiger partial charge in [-0.3, -0.25) is 4.79 Å². The highest BCUT2D eigenvalue weighted by Crippen LogP contribution is 2.15. The molecule has 0 spiro atoms. The normalized spacial score (nSPS) is 10.2. The third kappa shape index (κ3) is 3.54. The molecule has 0 saturated carbocycles. The molecule has 2 rings (SSSR count). The standard InChI is InChI=1S/C13H16N4O2/c1-3-19-12-6-4-11(5-7-12)15-13(18)9-17-10(2)8-14-16-17/h4-8H,3,9H2,1-2H3,(H,15,18). The van der Waals surface area contributed by atoms with Crippen molar-refractivity contribution in [3.05, 3.63) is 36.2 Å². The number of rotatable bonds is 5. The van der Waals surface area contributed by atoms with E-state index in [9.17, 15) is 4.79 Å². The van der Waals surface area contributed by atoms with E-state index in [1.54, 1.807) is 23.0 Å². The van der Waals surface area contributed by atoms with Crippen molar-refractivity contribution < 1.29 is 9.53 Å². The van der Waals surface area contributed by atoms with Crippen LogP contribution in [0.1, 0.15) is 12.6 Å². The summed E-state index contributed by atoms with van der Waals surface area (Å²) in [6, 6.07) is 7.24. The third-order valence-corrected chi connectivity index (χ3v) is 2.55. The summed E-state index contributed by atoms with van der Waals surface area (Å²) in [5, 5.41) is 10.3. The van der Waals surface area contributed by atoms with Crippen LogP contribution in [-0.2, 0) is 11.3 Å². The zero-order valence-corrected chi connectivity index (χ0v) is 11.0. The van der Waals surface area contributed by atoms with E-state index in [0.29, 0.717) is 6.61 Å². The number of amides is 1. The Kier molecular flexibility index (Phi) is 4.12. The monoisotopic (exact) mass is 260 g/mol. The first-order valence-electron chi connectivity index (χ1n) is 6.07. The van der Waals surface area contributed by atoms with Gasteiger partial charge in [0.05, 0.1) is 18.5 Å². The molecule has 6 heteroatoms. The predicted octanol–water partition coefficient (Wildman–Crippen LogP) is 1.62. The number of hydrogen-bond acceptors (Lipinski definition) is 4. The first kappa shape index (κ1) is 13.1. The highest BCUT2D eigenvalue weighted by molar-refractivity contribution is 5.90. The first-order chi connectivity index (χ1) is 9.19. The number of carbonyl (C=O) groups is 1. The van der Waals surface area contributed by atoms with Gasteiger partial charge in [-0.15, -0.1) is 5.10 Å². The van der Waals surface area contributed by atoms with Gasteiger partial charge >= 0.3 is 0 Å². The molecule has 1 heterocycles. The minimum absolute atomic E-state index is 0.141. The van der Waals surface area contributed by atoms with Gasteiger partial charge < -0.3 is 10.1 Å². The maximum atomic E-state index is 11.8. The van der Waals surface area contributed by atoms with Gasteiger partial charge in [0.25, 0.3) is 0 Å². The van der Waals surface area contributed by atoms with E-state index in [1.165, 1.54) is 0 Å². The molecule has 0 unspecified atom stereocenters. The highest BCUT2D eigenvalue weighted by atomic mass is 16.5. The van der Waals surface area contributed by atoms with Crippen molar-refractivity contribution in [3.8, 4) is 5.75 Å². The second-order valence-electron chi connectivity index (χ2n) is 4.04. The summed E-state index contributed by atoms with van der Waals surface area (Å²) in [7, 11) is 0. The first-order valence-corrected chi connectivity index (χ1v) is 6.07. The minimum atomic E-state index is -0.141. The molecule has 6 nitrogen and oxygen atoms in total. The lowest BCUT2D eigenvalue weighted by Gasteiger charge is -2.07. The molecule has 1 aromatic heterocycles. The average Bonchev–Trinajstić information content (AvgIpc) is 2.78. The summed E-state index contributed by atoms with van der Waals surface area (Å²) in [6.45, 7) is 4.55. The number of aromatic nitrogens is 3. The van der Waals surface area contributed by atoms with Gasteiger partial charge in [0.15, 0.2) is 0 Å². The van der Waals surface area contributed by atoms with E-state index >= 15 is 0 Å². The number of nitrogens with zero attached hydrogens (tertiary/aromatic N) is 3. The maximum Gasteiger partial charge on any atom is 0.246 e. The lowest BCUT2D eigenvalue weighted by molar-refractivity contribution is -0.117. The molecular formula is C13H16N4O2. The lowest BCUT2D eigenvalue weighted by Crippen LogP contribution is -2.20. The van der Waals surface area contributed by atoms with Gasteiger partial charge in [0, 0.05) is 5.69 Å². The van der Waals surface area contributed by atoms with Crippen molar-refractivity contribution in [2.24, 2.45) is 0 Å². The molecule has 1 amide bonds. The minimum Gasteiger partial charge on any atom is -0.494 e. The van der Waals surface area contributed by atoms with Crippen molar-refractivity contribution in [2.75, 3.05) is 11.9 Å². The molecule has 0 saturated heterocycles. The Morgan fingerprint density at radius 3 is 2.68 bits per heavy atom. The Bertz CT molecular complexity index is 548. The van der Waals surface area contributed by atoms with Crippen molar-refractivity contribution in [1.29, 1.82) is 0 Å². The van der Waals surface area contributed by atoms with Crippen LogP contribution >= 0.6 is 0 Å². The largest absolute Gasteiger partial charge is 0.494 e. The van der Waals surface area contributed by atoms with Crippen LogP contribution in [0.3, 0.4) is 0 Å². The molecule has 1 N–H and O–H groups in total. The summed E-state index contributed by atoms with van der Waals surface area (Å²) in [6.07, 6.45) is 1.62. The zero-order chi connectivity index (χ0) is 13.7. The van der Waals surface area contributed by atoms with Crippen LogP contribution in [0.4, 0.5) is 5.69 Å². The Hall–Kier alpha value is -2.37. The number of hydrogen-bond donors (Lipinski definition) is 1. The molecule has 0 bridgehead atoms. The van der Waals surface area contributed by atoms with E-state index in [2.05, 4.69) is 15.6 Å². The van der Waals surface area contributed by atoms with Crippen LogP contribution in [0.2, 0.25) is 0 Å². The second-order valence-corrected chi connectivity index (χ2v) is 4.04. The van der Waals surface area contributed by atoms with Crippen LogP contribution in [0, 0.1) is 6.92 Å². The fourth-order valence-electron chi connectivity index (χ4n) is 1.60. The molecule has 0 atom stereocenters. The average molecular weight is 260 g/mol. The molecule has 0 aliphatic carbocycles. The summed E-state index contributed by atoms with van der Waals surface area (Å²) in [5.41, 5.74) is 1.58.